The normalized spacial score (nSPS) is 25.0. The van der Waals surface area contributed by atoms with Crippen LogP contribution in [0, 0.1) is 11.3 Å². The number of nitrogens with zero attached hydrogens (tertiary/aromatic N) is 4. The van der Waals surface area contributed by atoms with Crippen molar-refractivity contribution < 1.29 is 9.53 Å². The zero-order valence-corrected chi connectivity index (χ0v) is 14.9. The molecule has 2 aliphatic rings. The van der Waals surface area contributed by atoms with Crippen LogP contribution in [-0.2, 0) is 16.1 Å². The first-order valence-corrected chi connectivity index (χ1v) is 9.18. The SMILES string of the molecule is CC(C(=O)NC1(C#N)CCCCC1)N1CCOC(Cn2cccn2)C1. The molecule has 3 rings (SSSR count). The third-order valence-electron chi connectivity index (χ3n) is 5.33. The maximum atomic E-state index is 12.7. The Hall–Kier alpha value is -1.91. The number of hydrogen-bond donors (Lipinski definition) is 1. The van der Waals surface area contributed by atoms with Crippen molar-refractivity contribution in [3.05, 3.63) is 18.5 Å². The lowest BCUT2D eigenvalue weighted by atomic mass is 9.82. The van der Waals surface area contributed by atoms with Crippen LogP contribution in [0.4, 0.5) is 0 Å². The van der Waals surface area contributed by atoms with Crippen molar-refractivity contribution >= 4 is 5.91 Å². The third-order valence-corrected chi connectivity index (χ3v) is 5.33. The number of hydrogen-bond acceptors (Lipinski definition) is 5. The first-order valence-electron chi connectivity index (χ1n) is 9.18. The Morgan fingerprint density at radius 3 is 2.96 bits per heavy atom. The molecule has 1 aliphatic heterocycles. The molecule has 0 bridgehead atoms. The molecular weight excluding hydrogens is 318 g/mol. The summed E-state index contributed by atoms with van der Waals surface area (Å²) in [6.45, 7) is 4.62. The van der Waals surface area contributed by atoms with Gasteiger partial charge < -0.3 is 10.1 Å². The Bertz CT molecular complexity index is 603. The monoisotopic (exact) mass is 345 g/mol. The maximum Gasteiger partial charge on any atom is 0.238 e. The molecular formula is C18H27N5O2. The minimum atomic E-state index is -0.676. The molecule has 1 saturated carbocycles. The molecule has 1 aliphatic carbocycles. The van der Waals surface area contributed by atoms with E-state index in [0.717, 1.165) is 38.6 Å². The summed E-state index contributed by atoms with van der Waals surface area (Å²) >= 11 is 0. The van der Waals surface area contributed by atoms with E-state index in [9.17, 15) is 10.1 Å². The van der Waals surface area contributed by atoms with E-state index in [-0.39, 0.29) is 18.1 Å². The van der Waals surface area contributed by atoms with E-state index in [1.54, 1.807) is 6.20 Å². The molecule has 0 radical (unpaired) electrons. The third kappa shape index (κ3) is 4.39. The van der Waals surface area contributed by atoms with Crippen molar-refractivity contribution in [2.75, 3.05) is 19.7 Å². The van der Waals surface area contributed by atoms with E-state index >= 15 is 0 Å². The Balaban J connectivity index is 1.56. The van der Waals surface area contributed by atoms with Crippen molar-refractivity contribution in [3.63, 3.8) is 0 Å². The molecule has 7 heteroatoms. The van der Waals surface area contributed by atoms with E-state index in [0.29, 0.717) is 19.7 Å². The predicted molar refractivity (Wildman–Crippen MR) is 92.6 cm³/mol. The molecule has 1 saturated heterocycles. The highest BCUT2D eigenvalue weighted by Gasteiger charge is 2.36. The van der Waals surface area contributed by atoms with Crippen LogP contribution in [0.1, 0.15) is 39.0 Å². The molecule has 25 heavy (non-hydrogen) atoms. The van der Waals surface area contributed by atoms with Gasteiger partial charge in [-0.2, -0.15) is 10.4 Å². The van der Waals surface area contributed by atoms with Gasteiger partial charge in [0, 0.05) is 25.5 Å². The fraction of sp³-hybridized carbons (Fsp3) is 0.722. The molecule has 2 unspecified atom stereocenters. The summed E-state index contributed by atoms with van der Waals surface area (Å²) in [5.74, 6) is -0.0526. The topological polar surface area (TPSA) is 83.2 Å². The molecule has 2 heterocycles. The number of amides is 1. The average Bonchev–Trinajstić information content (AvgIpc) is 3.15. The van der Waals surface area contributed by atoms with Crippen LogP contribution >= 0.6 is 0 Å². The van der Waals surface area contributed by atoms with Gasteiger partial charge in [-0.3, -0.25) is 14.4 Å². The zero-order chi connectivity index (χ0) is 17.7. The lowest BCUT2D eigenvalue weighted by molar-refractivity contribution is -0.131. The van der Waals surface area contributed by atoms with Crippen LogP contribution in [-0.4, -0.2) is 58.0 Å². The lowest BCUT2D eigenvalue weighted by Gasteiger charge is -2.38. The second-order valence-corrected chi connectivity index (χ2v) is 7.14. The first-order chi connectivity index (χ1) is 12.1. The Morgan fingerprint density at radius 2 is 2.28 bits per heavy atom. The van der Waals surface area contributed by atoms with Crippen LogP contribution in [0.25, 0.3) is 0 Å². The molecule has 2 atom stereocenters. The summed E-state index contributed by atoms with van der Waals surface area (Å²) in [5.41, 5.74) is -0.676. The number of nitrogens with one attached hydrogen (secondary N) is 1. The molecule has 7 nitrogen and oxygen atoms in total. The molecule has 0 aromatic carbocycles. The van der Waals surface area contributed by atoms with Crippen molar-refractivity contribution in [1.82, 2.24) is 20.0 Å². The van der Waals surface area contributed by atoms with E-state index in [2.05, 4.69) is 21.4 Å². The lowest BCUT2D eigenvalue weighted by Crippen LogP contribution is -2.57. The van der Waals surface area contributed by atoms with Gasteiger partial charge in [0.05, 0.1) is 31.4 Å². The zero-order valence-electron chi connectivity index (χ0n) is 14.9. The van der Waals surface area contributed by atoms with Gasteiger partial charge in [-0.15, -0.1) is 0 Å². The van der Waals surface area contributed by atoms with Gasteiger partial charge in [0.25, 0.3) is 0 Å². The fourth-order valence-corrected chi connectivity index (χ4v) is 3.75. The number of nitriles is 1. The number of morpholine rings is 1. The molecule has 1 amide bonds. The largest absolute Gasteiger partial charge is 0.374 e. The molecule has 1 N–H and O–H groups in total. The maximum absolute atomic E-state index is 12.7. The molecule has 1 aromatic rings. The first kappa shape index (κ1) is 17.9. The number of carbonyl (C=O) groups is 1. The Morgan fingerprint density at radius 1 is 1.48 bits per heavy atom. The van der Waals surface area contributed by atoms with Crippen LogP contribution in [0.5, 0.6) is 0 Å². The highest BCUT2D eigenvalue weighted by Crippen LogP contribution is 2.27. The van der Waals surface area contributed by atoms with Crippen LogP contribution in [0.2, 0.25) is 0 Å². The Labute approximate surface area is 148 Å². The summed E-state index contributed by atoms with van der Waals surface area (Å²) < 4.78 is 7.67. The fourth-order valence-electron chi connectivity index (χ4n) is 3.75. The molecule has 1 aromatic heterocycles. The van der Waals surface area contributed by atoms with Crippen molar-refractivity contribution in [1.29, 1.82) is 5.26 Å². The van der Waals surface area contributed by atoms with Gasteiger partial charge in [0.1, 0.15) is 5.54 Å². The number of aromatic nitrogens is 2. The van der Waals surface area contributed by atoms with Gasteiger partial charge in [0.15, 0.2) is 0 Å². The van der Waals surface area contributed by atoms with Gasteiger partial charge in [0.2, 0.25) is 5.91 Å². The van der Waals surface area contributed by atoms with Gasteiger partial charge in [-0.25, -0.2) is 0 Å². The summed E-state index contributed by atoms with van der Waals surface area (Å²) in [7, 11) is 0. The van der Waals surface area contributed by atoms with Gasteiger partial charge >= 0.3 is 0 Å². The highest BCUT2D eigenvalue weighted by atomic mass is 16.5. The Kier molecular flexibility index (Phi) is 5.71. The minimum absolute atomic E-state index is 0.0171. The van der Waals surface area contributed by atoms with Crippen LogP contribution in [0.15, 0.2) is 18.5 Å². The van der Waals surface area contributed by atoms with E-state index in [1.807, 2.05) is 23.9 Å². The number of carbonyl (C=O) groups excluding carboxylic acids is 1. The summed E-state index contributed by atoms with van der Waals surface area (Å²) in [6.07, 6.45) is 8.36. The second kappa shape index (κ2) is 7.98. The highest BCUT2D eigenvalue weighted by molar-refractivity contribution is 5.82. The molecule has 136 valence electrons. The van der Waals surface area contributed by atoms with E-state index in [4.69, 9.17) is 4.74 Å². The van der Waals surface area contributed by atoms with Crippen molar-refractivity contribution in [3.8, 4) is 6.07 Å². The minimum Gasteiger partial charge on any atom is -0.374 e. The predicted octanol–water partition coefficient (Wildman–Crippen LogP) is 1.32. The average molecular weight is 345 g/mol. The summed E-state index contributed by atoms with van der Waals surface area (Å²) in [4.78, 5) is 14.9. The van der Waals surface area contributed by atoms with Crippen molar-refractivity contribution in [2.45, 2.75) is 63.3 Å². The number of ether oxygens (including phenoxy) is 1. The van der Waals surface area contributed by atoms with E-state index in [1.165, 1.54) is 0 Å². The summed E-state index contributed by atoms with van der Waals surface area (Å²) in [6, 6.07) is 3.98. The van der Waals surface area contributed by atoms with Gasteiger partial charge in [-0.1, -0.05) is 19.3 Å². The molecule has 0 spiro atoms. The number of rotatable bonds is 5. The van der Waals surface area contributed by atoms with Crippen molar-refractivity contribution in [2.24, 2.45) is 0 Å². The quantitative estimate of drug-likeness (QED) is 0.870. The standard InChI is InChI=1S/C18H27N5O2/c1-15(17(24)21-18(14-19)6-3-2-4-7-18)22-10-11-25-16(12-22)13-23-9-5-8-20-23/h5,8-9,15-16H,2-4,6-7,10-13H2,1H3,(H,21,24). The van der Waals surface area contributed by atoms with Gasteiger partial charge in [-0.05, 0) is 25.8 Å². The van der Waals surface area contributed by atoms with E-state index < -0.39 is 5.54 Å². The smallest absolute Gasteiger partial charge is 0.238 e. The van der Waals surface area contributed by atoms with Crippen LogP contribution < -0.4 is 5.32 Å². The second-order valence-electron chi connectivity index (χ2n) is 7.14. The summed E-state index contributed by atoms with van der Waals surface area (Å²) in [5, 5.41) is 16.8. The molecule has 2 fully saturated rings. The van der Waals surface area contributed by atoms with Crippen LogP contribution in [0.3, 0.4) is 0 Å².